The number of piperidine rings is 1. The molecule has 1 saturated heterocycles. The summed E-state index contributed by atoms with van der Waals surface area (Å²) < 4.78 is 29.0. The van der Waals surface area contributed by atoms with Crippen LogP contribution in [0.4, 0.5) is 0 Å². The molecular weight excluding hydrogens is 274 g/mol. The maximum absolute atomic E-state index is 12.8. The van der Waals surface area contributed by atoms with Gasteiger partial charge in [-0.25, -0.2) is 0 Å². The molecule has 0 bridgehead atoms. The van der Waals surface area contributed by atoms with E-state index in [2.05, 4.69) is 5.32 Å². The molecule has 5 nitrogen and oxygen atoms in total. The highest BCUT2D eigenvalue weighted by Gasteiger charge is 2.37. The molecule has 1 saturated carbocycles. The smallest absolute Gasteiger partial charge is 0.282 e. The van der Waals surface area contributed by atoms with Crippen LogP contribution in [0.15, 0.2) is 0 Å². The van der Waals surface area contributed by atoms with Crippen molar-refractivity contribution >= 4 is 10.2 Å². The van der Waals surface area contributed by atoms with Gasteiger partial charge >= 0.3 is 0 Å². The fraction of sp³-hybridized carbons (Fsp3) is 1.00. The maximum atomic E-state index is 12.8. The van der Waals surface area contributed by atoms with Gasteiger partial charge in [0.2, 0.25) is 0 Å². The van der Waals surface area contributed by atoms with Crippen molar-refractivity contribution in [3.8, 4) is 0 Å². The average Bonchev–Trinajstić information content (AvgIpc) is 3.20. The maximum Gasteiger partial charge on any atom is 0.282 e. The van der Waals surface area contributed by atoms with Crippen molar-refractivity contribution < 1.29 is 8.42 Å². The first-order valence-corrected chi connectivity index (χ1v) is 9.26. The first-order valence-electron chi connectivity index (χ1n) is 7.86. The molecule has 0 spiro atoms. The lowest BCUT2D eigenvalue weighted by Gasteiger charge is -2.36. The molecule has 6 heteroatoms. The van der Waals surface area contributed by atoms with Gasteiger partial charge in [0.15, 0.2) is 0 Å². The summed E-state index contributed by atoms with van der Waals surface area (Å²) in [5.74, 6) is 1.20. The van der Waals surface area contributed by atoms with Crippen molar-refractivity contribution in [3.63, 3.8) is 0 Å². The molecule has 0 aromatic rings. The number of nitrogens with one attached hydrogen (secondary N) is 1. The summed E-state index contributed by atoms with van der Waals surface area (Å²) in [7, 11) is -1.31. The Morgan fingerprint density at radius 2 is 1.75 bits per heavy atom. The van der Waals surface area contributed by atoms with Gasteiger partial charge in [-0.05, 0) is 65.0 Å². The Morgan fingerprint density at radius 3 is 2.20 bits per heavy atom. The average molecular weight is 303 g/mol. The molecule has 1 aliphatic heterocycles. The Balaban J connectivity index is 1.97. The molecule has 0 atom stereocenters. The number of hydrogen-bond acceptors (Lipinski definition) is 3. The Hall–Kier alpha value is -0.170. The van der Waals surface area contributed by atoms with Crippen molar-refractivity contribution in [1.29, 1.82) is 0 Å². The second kappa shape index (κ2) is 6.73. The fourth-order valence-corrected chi connectivity index (χ4v) is 4.81. The van der Waals surface area contributed by atoms with E-state index in [1.807, 2.05) is 20.9 Å². The molecule has 2 rings (SSSR count). The normalized spacial score (nSPS) is 22.9. The second-order valence-corrected chi connectivity index (χ2v) is 8.40. The summed E-state index contributed by atoms with van der Waals surface area (Å²) in [4.78, 5) is 0. The van der Waals surface area contributed by atoms with Gasteiger partial charge in [-0.1, -0.05) is 0 Å². The van der Waals surface area contributed by atoms with Crippen molar-refractivity contribution in [1.82, 2.24) is 13.9 Å². The highest BCUT2D eigenvalue weighted by Crippen LogP contribution is 2.32. The van der Waals surface area contributed by atoms with Crippen molar-refractivity contribution in [2.24, 2.45) is 11.8 Å². The van der Waals surface area contributed by atoms with Gasteiger partial charge in [0.1, 0.15) is 0 Å². The molecule has 0 aromatic heterocycles. The van der Waals surface area contributed by atoms with E-state index >= 15 is 0 Å². The summed E-state index contributed by atoms with van der Waals surface area (Å²) in [6.07, 6.45) is 4.30. The third-order valence-electron chi connectivity index (χ3n) is 4.40. The lowest BCUT2D eigenvalue weighted by molar-refractivity contribution is 0.239. The van der Waals surface area contributed by atoms with E-state index in [0.717, 1.165) is 19.4 Å². The minimum atomic E-state index is -3.27. The van der Waals surface area contributed by atoms with Crippen LogP contribution in [0.3, 0.4) is 0 Å². The van der Waals surface area contributed by atoms with Gasteiger partial charge < -0.3 is 5.32 Å². The van der Waals surface area contributed by atoms with Crippen LogP contribution >= 0.6 is 0 Å². The molecule has 0 amide bonds. The van der Waals surface area contributed by atoms with E-state index in [1.165, 1.54) is 12.8 Å². The van der Waals surface area contributed by atoms with Gasteiger partial charge in [0.05, 0.1) is 0 Å². The molecule has 2 fully saturated rings. The number of rotatable bonds is 7. The summed E-state index contributed by atoms with van der Waals surface area (Å²) in [5.41, 5.74) is 0. The molecular formula is C14H29N3O2S. The summed E-state index contributed by atoms with van der Waals surface area (Å²) in [5, 5.41) is 3.19. The Morgan fingerprint density at radius 1 is 1.15 bits per heavy atom. The van der Waals surface area contributed by atoms with E-state index in [9.17, 15) is 8.42 Å². The predicted octanol–water partition coefficient (Wildman–Crippen LogP) is 1.28. The summed E-state index contributed by atoms with van der Waals surface area (Å²) in [6.45, 7) is 6.99. The molecule has 1 heterocycles. The first kappa shape index (κ1) is 16.2. The summed E-state index contributed by atoms with van der Waals surface area (Å²) >= 11 is 0. The topological polar surface area (TPSA) is 52.7 Å². The lowest BCUT2D eigenvalue weighted by Crippen LogP contribution is -2.50. The minimum Gasteiger partial charge on any atom is -0.319 e. The Kier molecular flexibility index (Phi) is 5.45. The van der Waals surface area contributed by atoms with Gasteiger partial charge in [0, 0.05) is 25.7 Å². The fourth-order valence-electron chi connectivity index (χ4n) is 2.91. The SMILES string of the molecule is CNCC1CCN(S(=O)(=O)N(CC2CC2)C(C)C)CC1. The second-order valence-electron chi connectivity index (χ2n) is 6.51. The molecule has 0 aromatic carbocycles. The van der Waals surface area contributed by atoms with Crippen LogP contribution in [-0.4, -0.2) is 56.3 Å². The number of hydrogen-bond donors (Lipinski definition) is 1. The van der Waals surface area contributed by atoms with E-state index in [-0.39, 0.29) is 6.04 Å². The van der Waals surface area contributed by atoms with Gasteiger partial charge in [-0.2, -0.15) is 17.0 Å². The zero-order valence-electron chi connectivity index (χ0n) is 13.0. The molecule has 20 heavy (non-hydrogen) atoms. The molecule has 118 valence electrons. The van der Waals surface area contributed by atoms with Crippen molar-refractivity contribution in [3.05, 3.63) is 0 Å². The zero-order chi connectivity index (χ0) is 14.8. The van der Waals surface area contributed by atoms with Crippen LogP contribution in [0.1, 0.15) is 39.5 Å². The first-order chi connectivity index (χ1) is 9.45. The van der Waals surface area contributed by atoms with Crippen LogP contribution < -0.4 is 5.32 Å². The monoisotopic (exact) mass is 303 g/mol. The Labute approximate surface area is 123 Å². The van der Waals surface area contributed by atoms with Gasteiger partial charge in [0.25, 0.3) is 10.2 Å². The highest BCUT2D eigenvalue weighted by molar-refractivity contribution is 7.86. The standard InChI is InChI=1S/C14H29N3O2S/c1-12(2)17(11-14-4-5-14)20(18,19)16-8-6-13(7-9-16)10-15-3/h12-15H,4-11H2,1-3H3. The number of nitrogens with zero attached hydrogens (tertiary/aromatic N) is 2. The van der Waals surface area contributed by atoms with Crippen LogP contribution in [0.5, 0.6) is 0 Å². The van der Waals surface area contributed by atoms with Crippen LogP contribution in [-0.2, 0) is 10.2 Å². The van der Waals surface area contributed by atoms with E-state index < -0.39 is 10.2 Å². The lowest BCUT2D eigenvalue weighted by atomic mass is 9.98. The quantitative estimate of drug-likeness (QED) is 0.771. The largest absolute Gasteiger partial charge is 0.319 e. The molecule has 0 unspecified atom stereocenters. The minimum absolute atomic E-state index is 0.0515. The van der Waals surface area contributed by atoms with E-state index in [4.69, 9.17) is 0 Å². The summed E-state index contributed by atoms with van der Waals surface area (Å²) in [6, 6.07) is 0.0515. The molecule has 1 N–H and O–H groups in total. The molecule has 1 aliphatic carbocycles. The van der Waals surface area contributed by atoms with Gasteiger partial charge in [-0.15, -0.1) is 0 Å². The molecule has 0 radical (unpaired) electrons. The van der Waals surface area contributed by atoms with Crippen LogP contribution in [0.2, 0.25) is 0 Å². The van der Waals surface area contributed by atoms with Gasteiger partial charge in [-0.3, -0.25) is 0 Å². The molecule has 2 aliphatic rings. The predicted molar refractivity (Wildman–Crippen MR) is 81.7 cm³/mol. The van der Waals surface area contributed by atoms with E-state index in [1.54, 1.807) is 8.61 Å². The van der Waals surface area contributed by atoms with Crippen molar-refractivity contribution in [2.45, 2.75) is 45.6 Å². The van der Waals surface area contributed by atoms with Crippen molar-refractivity contribution in [2.75, 3.05) is 33.2 Å². The van der Waals surface area contributed by atoms with Crippen LogP contribution in [0.25, 0.3) is 0 Å². The highest BCUT2D eigenvalue weighted by atomic mass is 32.2. The van der Waals surface area contributed by atoms with E-state index in [0.29, 0.717) is 31.5 Å². The zero-order valence-corrected chi connectivity index (χ0v) is 13.8. The Bertz CT molecular complexity index is 399. The third kappa shape index (κ3) is 3.93. The van der Waals surface area contributed by atoms with Crippen LogP contribution in [0, 0.1) is 11.8 Å². The third-order valence-corrected chi connectivity index (χ3v) is 6.58.